The van der Waals surface area contributed by atoms with Crippen LogP contribution in [-0.2, 0) is 5.41 Å². The average Bonchev–Trinajstić information content (AvgIpc) is 3.01. The molecule has 2 nitrogen and oxygen atoms in total. The molecule has 0 aromatic heterocycles. The van der Waals surface area contributed by atoms with Crippen molar-refractivity contribution in [3.8, 4) is 33.8 Å². The van der Waals surface area contributed by atoms with Crippen molar-refractivity contribution in [2.75, 3.05) is 5.32 Å². The summed E-state index contributed by atoms with van der Waals surface area (Å²) in [5, 5.41) is 3.82. The molecular weight excluding hydrogens is 498 g/mol. The number of benzene rings is 6. The van der Waals surface area contributed by atoms with Crippen LogP contribution in [-0.4, -0.2) is 0 Å². The van der Waals surface area contributed by atoms with Crippen molar-refractivity contribution >= 4 is 11.4 Å². The zero-order valence-corrected chi connectivity index (χ0v) is 23.1. The van der Waals surface area contributed by atoms with E-state index in [1.165, 1.54) is 44.5 Å². The van der Waals surface area contributed by atoms with E-state index in [-0.39, 0.29) is 0 Å². The summed E-state index contributed by atoms with van der Waals surface area (Å²) in [4.78, 5) is 0. The van der Waals surface area contributed by atoms with Crippen LogP contribution in [0.15, 0.2) is 133 Å². The van der Waals surface area contributed by atoms with Gasteiger partial charge in [0.15, 0.2) is 0 Å². The predicted molar refractivity (Wildman–Crippen MR) is 168 cm³/mol. The lowest BCUT2D eigenvalue weighted by atomic mass is 9.61. The highest BCUT2D eigenvalue weighted by atomic mass is 16.5. The van der Waals surface area contributed by atoms with Crippen molar-refractivity contribution < 1.29 is 4.74 Å². The molecule has 0 amide bonds. The zero-order chi connectivity index (χ0) is 27.6. The molecule has 0 unspecified atom stereocenters. The van der Waals surface area contributed by atoms with Crippen molar-refractivity contribution in [3.05, 3.63) is 167 Å². The molecule has 0 radical (unpaired) electrons. The van der Waals surface area contributed by atoms with E-state index >= 15 is 0 Å². The zero-order valence-electron chi connectivity index (χ0n) is 23.1. The largest absolute Gasteiger partial charge is 0.457 e. The second-order valence-electron chi connectivity index (χ2n) is 11.1. The standard InChI is InChI=1S/C39H29NO/c1-25-11-3-5-13-29(25)27-19-21-35-33(23-27)39(31-15-7-9-17-37(31)41-38-18-10-8-16-32(38)39)34-24-28(20-22-36(34)40-35)30-14-6-4-12-26(30)2/h3-24,40H,1-2H3. The fraction of sp³-hybridized carbons (Fsp3) is 0.0769. The highest BCUT2D eigenvalue weighted by Crippen LogP contribution is 2.61. The lowest BCUT2D eigenvalue weighted by Gasteiger charge is -2.46. The summed E-state index contributed by atoms with van der Waals surface area (Å²) in [6, 6.07) is 48.1. The maximum Gasteiger partial charge on any atom is 0.132 e. The normalized spacial score (nSPS) is 13.7. The Morgan fingerprint density at radius 3 is 1.39 bits per heavy atom. The summed E-state index contributed by atoms with van der Waals surface area (Å²) >= 11 is 0. The Morgan fingerprint density at radius 2 is 0.902 bits per heavy atom. The first kappa shape index (κ1) is 23.8. The van der Waals surface area contributed by atoms with E-state index in [1.54, 1.807) is 0 Å². The molecule has 0 aliphatic carbocycles. The van der Waals surface area contributed by atoms with E-state index in [2.05, 4.69) is 153 Å². The first-order chi connectivity index (χ1) is 20.1. The molecule has 41 heavy (non-hydrogen) atoms. The van der Waals surface area contributed by atoms with Gasteiger partial charge in [-0.05, 0) is 94.8 Å². The van der Waals surface area contributed by atoms with Gasteiger partial charge in [-0.3, -0.25) is 0 Å². The predicted octanol–water partition coefficient (Wildman–Crippen LogP) is 10.2. The molecule has 2 aliphatic heterocycles. The average molecular weight is 528 g/mol. The Bertz CT molecular complexity index is 1840. The summed E-state index contributed by atoms with van der Waals surface area (Å²) in [5.41, 5.74) is 13.9. The second-order valence-corrected chi connectivity index (χ2v) is 11.1. The van der Waals surface area contributed by atoms with Gasteiger partial charge in [-0.2, -0.15) is 0 Å². The first-order valence-corrected chi connectivity index (χ1v) is 14.2. The molecule has 196 valence electrons. The summed E-state index contributed by atoms with van der Waals surface area (Å²) in [6.07, 6.45) is 0. The summed E-state index contributed by atoms with van der Waals surface area (Å²) in [5.74, 6) is 1.79. The van der Waals surface area contributed by atoms with Crippen LogP contribution in [0.2, 0.25) is 0 Å². The molecule has 1 N–H and O–H groups in total. The van der Waals surface area contributed by atoms with Gasteiger partial charge in [0, 0.05) is 22.5 Å². The Morgan fingerprint density at radius 1 is 0.463 bits per heavy atom. The monoisotopic (exact) mass is 527 g/mol. The van der Waals surface area contributed by atoms with E-state index in [0.29, 0.717) is 0 Å². The maximum absolute atomic E-state index is 6.58. The van der Waals surface area contributed by atoms with Crippen LogP contribution in [0.1, 0.15) is 33.4 Å². The fourth-order valence-electron chi connectivity index (χ4n) is 6.92. The number of anilines is 2. The molecule has 0 bridgehead atoms. The fourth-order valence-corrected chi connectivity index (χ4v) is 6.92. The highest BCUT2D eigenvalue weighted by molar-refractivity contribution is 5.88. The number of hydrogen-bond donors (Lipinski definition) is 1. The van der Waals surface area contributed by atoms with Gasteiger partial charge in [-0.15, -0.1) is 0 Å². The second kappa shape index (κ2) is 8.97. The number of hydrogen-bond acceptors (Lipinski definition) is 2. The van der Waals surface area contributed by atoms with Crippen LogP contribution in [0.3, 0.4) is 0 Å². The van der Waals surface area contributed by atoms with E-state index in [1.807, 2.05) is 0 Å². The van der Waals surface area contributed by atoms with Gasteiger partial charge < -0.3 is 10.1 Å². The topological polar surface area (TPSA) is 21.3 Å². The minimum Gasteiger partial charge on any atom is -0.457 e. The SMILES string of the molecule is Cc1ccccc1-c1ccc2c(c1)C1(c3cc(-c4ccccc4C)ccc3N2)c2ccccc2Oc2ccccc21. The molecule has 1 spiro atoms. The third kappa shape index (κ3) is 3.44. The van der Waals surface area contributed by atoms with Crippen molar-refractivity contribution in [3.63, 3.8) is 0 Å². The van der Waals surface area contributed by atoms with Gasteiger partial charge >= 0.3 is 0 Å². The molecule has 0 fully saturated rings. The molecule has 6 aromatic rings. The Hall–Kier alpha value is -5.08. The minimum atomic E-state index is -0.571. The number of ether oxygens (including phenoxy) is 1. The third-order valence-corrected chi connectivity index (χ3v) is 8.83. The van der Waals surface area contributed by atoms with Crippen molar-refractivity contribution in [2.24, 2.45) is 0 Å². The van der Waals surface area contributed by atoms with Crippen molar-refractivity contribution in [1.82, 2.24) is 0 Å². The Balaban J connectivity index is 1.51. The molecule has 0 saturated carbocycles. The van der Waals surface area contributed by atoms with Crippen LogP contribution in [0.5, 0.6) is 11.5 Å². The number of aryl methyl sites for hydroxylation is 2. The lowest BCUT2D eigenvalue weighted by molar-refractivity contribution is 0.434. The Labute approximate surface area is 240 Å². The van der Waals surface area contributed by atoms with Crippen LogP contribution in [0.4, 0.5) is 11.4 Å². The van der Waals surface area contributed by atoms with E-state index in [4.69, 9.17) is 4.74 Å². The number of nitrogens with one attached hydrogen (secondary N) is 1. The van der Waals surface area contributed by atoms with Crippen LogP contribution in [0.25, 0.3) is 22.3 Å². The summed E-state index contributed by atoms with van der Waals surface area (Å²) in [6.45, 7) is 4.37. The molecule has 6 aromatic carbocycles. The molecule has 0 atom stereocenters. The van der Waals surface area contributed by atoms with E-state index < -0.39 is 5.41 Å². The quantitative estimate of drug-likeness (QED) is 0.241. The van der Waals surface area contributed by atoms with Gasteiger partial charge in [0.05, 0.1) is 5.41 Å². The van der Waals surface area contributed by atoms with Gasteiger partial charge in [0.1, 0.15) is 11.5 Å². The van der Waals surface area contributed by atoms with E-state index in [9.17, 15) is 0 Å². The Kier molecular flexibility index (Phi) is 5.20. The minimum absolute atomic E-state index is 0.571. The smallest absolute Gasteiger partial charge is 0.132 e. The first-order valence-electron chi connectivity index (χ1n) is 14.2. The summed E-state index contributed by atoms with van der Waals surface area (Å²) in [7, 11) is 0. The molecule has 2 heteroatoms. The number of rotatable bonds is 2. The van der Waals surface area contributed by atoms with Gasteiger partial charge in [-0.25, -0.2) is 0 Å². The lowest BCUT2D eigenvalue weighted by Crippen LogP contribution is -2.37. The third-order valence-electron chi connectivity index (χ3n) is 8.83. The van der Waals surface area contributed by atoms with Crippen LogP contribution < -0.4 is 10.1 Å². The van der Waals surface area contributed by atoms with E-state index in [0.717, 1.165) is 34.0 Å². The van der Waals surface area contributed by atoms with Crippen molar-refractivity contribution in [2.45, 2.75) is 19.3 Å². The molecule has 2 aliphatic rings. The van der Waals surface area contributed by atoms with Crippen LogP contribution >= 0.6 is 0 Å². The van der Waals surface area contributed by atoms with Gasteiger partial charge in [0.2, 0.25) is 0 Å². The molecule has 8 rings (SSSR count). The van der Waals surface area contributed by atoms with Gasteiger partial charge in [0.25, 0.3) is 0 Å². The molecule has 2 heterocycles. The van der Waals surface area contributed by atoms with Crippen LogP contribution in [0, 0.1) is 13.8 Å². The number of para-hydroxylation sites is 2. The number of fused-ring (bicyclic) bond motifs is 8. The van der Waals surface area contributed by atoms with Crippen molar-refractivity contribution in [1.29, 1.82) is 0 Å². The molecular formula is C39H29NO. The molecule has 0 saturated heterocycles. The summed E-state index contributed by atoms with van der Waals surface area (Å²) < 4.78 is 6.58. The van der Waals surface area contributed by atoms with Gasteiger partial charge in [-0.1, -0.05) is 97.1 Å². The maximum atomic E-state index is 6.58. The highest BCUT2D eigenvalue weighted by Gasteiger charge is 2.49.